The van der Waals surface area contributed by atoms with Gasteiger partial charge in [0.2, 0.25) is 0 Å². The highest BCUT2D eigenvalue weighted by Crippen LogP contribution is 2.21. The molecule has 2 aromatic carbocycles. The summed E-state index contributed by atoms with van der Waals surface area (Å²) in [7, 11) is 7.41. The van der Waals surface area contributed by atoms with Crippen LogP contribution in [-0.2, 0) is 6.54 Å². The van der Waals surface area contributed by atoms with Gasteiger partial charge in [-0.3, -0.25) is 9.79 Å². The van der Waals surface area contributed by atoms with Crippen LogP contribution >= 0.6 is 24.0 Å². The van der Waals surface area contributed by atoms with Crippen molar-refractivity contribution >= 4 is 35.8 Å². The highest BCUT2D eigenvalue weighted by atomic mass is 127. The topological polar surface area (TPSA) is 78.0 Å². The number of likely N-dealkylation sites (N-methyl/N-ethyl adjacent to an activating group) is 1. The molecule has 1 atom stereocenters. The largest absolute Gasteiger partial charge is 0.497 e. The van der Waals surface area contributed by atoms with E-state index < -0.39 is 0 Å². The van der Waals surface area contributed by atoms with Crippen LogP contribution in [0.5, 0.6) is 5.75 Å². The van der Waals surface area contributed by atoms with E-state index in [0.717, 1.165) is 36.8 Å². The minimum Gasteiger partial charge on any atom is -0.497 e. The van der Waals surface area contributed by atoms with Gasteiger partial charge in [0, 0.05) is 38.8 Å². The van der Waals surface area contributed by atoms with E-state index in [4.69, 9.17) is 4.74 Å². The van der Waals surface area contributed by atoms with Crippen molar-refractivity contribution in [2.45, 2.75) is 25.8 Å². The zero-order chi connectivity index (χ0) is 23.3. The van der Waals surface area contributed by atoms with E-state index in [1.807, 2.05) is 55.4 Å². The summed E-state index contributed by atoms with van der Waals surface area (Å²) in [6.07, 6.45) is 0.982. The second-order valence-corrected chi connectivity index (χ2v) is 8.07. The zero-order valence-electron chi connectivity index (χ0n) is 20.4. The molecular weight excluding hydrogens is 529 g/mol. The monoisotopic (exact) mass is 567 g/mol. The Kier molecular flexibility index (Phi) is 13.5. The van der Waals surface area contributed by atoms with Gasteiger partial charge in [0.15, 0.2) is 5.96 Å². The maximum absolute atomic E-state index is 12.3. The number of carbonyl (C=O) groups is 1. The van der Waals surface area contributed by atoms with Crippen molar-refractivity contribution in [3.63, 3.8) is 0 Å². The second-order valence-electron chi connectivity index (χ2n) is 8.07. The number of halogens is 1. The SMILES string of the molecule is CN=C(NCCC(C)c1ccc(OC)cc1)NCc1cccc(C(=O)NCCN(C)C)c1.I. The van der Waals surface area contributed by atoms with Crippen LogP contribution in [0.15, 0.2) is 53.5 Å². The van der Waals surface area contributed by atoms with E-state index in [0.29, 0.717) is 24.6 Å². The smallest absolute Gasteiger partial charge is 0.251 e. The number of aliphatic imine (C=N–C) groups is 1. The van der Waals surface area contributed by atoms with E-state index in [1.54, 1.807) is 14.2 Å². The Morgan fingerprint density at radius 1 is 1.06 bits per heavy atom. The van der Waals surface area contributed by atoms with Crippen molar-refractivity contribution in [2.24, 2.45) is 4.99 Å². The van der Waals surface area contributed by atoms with Crippen molar-refractivity contribution in [3.05, 3.63) is 65.2 Å². The van der Waals surface area contributed by atoms with Crippen LogP contribution in [0.4, 0.5) is 0 Å². The second kappa shape index (κ2) is 15.5. The minimum absolute atomic E-state index is 0. The molecule has 33 heavy (non-hydrogen) atoms. The fraction of sp³-hybridized carbons (Fsp3) is 0.440. The summed E-state index contributed by atoms with van der Waals surface area (Å²) < 4.78 is 5.23. The zero-order valence-corrected chi connectivity index (χ0v) is 22.7. The van der Waals surface area contributed by atoms with Gasteiger partial charge in [0.25, 0.3) is 5.91 Å². The predicted octanol–water partition coefficient (Wildman–Crippen LogP) is 3.46. The van der Waals surface area contributed by atoms with Crippen molar-refractivity contribution in [2.75, 3.05) is 47.9 Å². The van der Waals surface area contributed by atoms with Crippen molar-refractivity contribution in [3.8, 4) is 5.75 Å². The van der Waals surface area contributed by atoms with Gasteiger partial charge >= 0.3 is 0 Å². The molecule has 0 saturated carbocycles. The molecule has 2 aromatic rings. The number of hydrogen-bond acceptors (Lipinski definition) is 4. The summed E-state index contributed by atoms with van der Waals surface area (Å²) in [5.74, 6) is 1.99. The number of nitrogens with one attached hydrogen (secondary N) is 3. The van der Waals surface area contributed by atoms with Gasteiger partial charge in [-0.15, -0.1) is 24.0 Å². The van der Waals surface area contributed by atoms with Crippen LogP contribution < -0.4 is 20.7 Å². The summed E-state index contributed by atoms with van der Waals surface area (Å²) in [5.41, 5.74) is 2.98. The third kappa shape index (κ3) is 10.4. The van der Waals surface area contributed by atoms with Gasteiger partial charge < -0.3 is 25.6 Å². The Morgan fingerprint density at radius 3 is 2.42 bits per heavy atom. The molecule has 0 aliphatic carbocycles. The Balaban J connectivity index is 0.00000544. The molecule has 0 saturated heterocycles. The number of amides is 1. The van der Waals surface area contributed by atoms with Gasteiger partial charge in [0.1, 0.15) is 5.75 Å². The van der Waals surface area contributed by atoms with Crippen LogP contribution in [0.2, 0.25) is 0 Å². The number of benzene rings is 2. The highest BCUT2D eigenvalue weighted by Gasteiger charge is 2.08. The predicted molar refractivity (Wildman–Crippen MR) is 147 cm³/mol. The number of ether oxygens (including phenoxy) is 1. The van der Waals surface area contributed by atoms with E-state index in [2.05, 4.69) is 40.0 Å². The van der Waals surface area contributed by atoms with Gasteiger partial charge in [-0.05, 0) is 61.8 Å². The van der Waals surface area contributed by atoms with Crippen molar-refractivity contribution in [1.29, 1.82) is 0 Å². The van der Waals surface area contributed by atoms with Crippen LogP contribution in [0.3, 0.4) is 0 Å². The van der Waals surface area contributed by atoms with Crippen LogP contribution in [0, 0.1) is 0 Å². The van der Waals surface area contributed by atoms with Crippen molar-refractivity contribution < 1.29 is 9.53 Å². The third-order valence-electron chi connectivity index (χ3n) is 5.27. The Labute approximate surface area is 215 Å². The Hall–Kier alpha value is -2.33. The molecular formula is C25H38IN5O2. The molecule has 182 valence electrons. The number of guanidine groups is 1. The lowest BCUT2D eigenvalue weighted by Crippen LogP contribution is -2.37. The van der Waals surface area contributed by atoms with Crippen LogP contribution in [0.1, 0.15) is 40.7 Å². The molecule has 8 heteroatoms. The molecule has 0 bridgehead atoms. The number of carbonyl (C=O) groups excluding carboxylic acids is 1. The van der Waals surface area contributed by atoms with Gasteiger partial charge in [-0.1, -0.05) is 31.2 Å². The summed E-state index contributed by atoms with van der Waals surface area (Å²) >= 11 is 0. The average Bonchev–Trinajstić information content (AvgIpc) is 2.81. The summed E-state index contributed by atoms with van der Waals surface area (Å²) in [6, 6.07) is 15.9. The molecule has 0 spiro atoms. The van der Waals surface area contributed by atoms with Gasteiger partial charge in [-0.2, -0.15) is 0 Å². The highest BCUT2D eigenvalue weighted by molar-refractivity contribution is 14.0. The van der Waals surface area contributed by atoms with Crippen molar-refractivity contribution in [1.82, 2.24) is 20.9 Å². The molecule has 3 N–H and O–H groups in total. The number of methoxy groups -OCH3 is 1. The summed E-state index contributed by atoms with van der Waals surface area (Å²) in [6.45, 7) is 5.05. The van der Waals surface area contributed by atoms with E-state index in [9.17, 15) is 4.79 Å². The fourth-order valence-electron chi connectivity index (χ4n) is 3.23. The summed E-state index contributed by atoms with van der Waals surface area (Å²) in [5, 5.41) is 9.64. The lowest BCUT2D eigenvalue weighted by Gasteiger charge is -2.16. The number of rotatable bonds is 11. The Morgan fingerprint density at radius 2 is 1.79 bits per heavy atom. The first-order valence-corrected chi connectivity index (χ1v) is 11.0. The normalized spacial score (nSPS) is 12.0. The maximum Gasteiger partial charge on any atom is 0.251 e. The number of nitrogens with zero attached hydrogens (tertiary/aromatic N) is 2. The standard InChI is InChI=1S/C25H37N5O2.HI/c1-19(21-9-11-23(32-5)12-10-21)13-14-28-25(26-2)29-18-20-7-6-8-22(17-20)24(31)27-15-16-30(3)4;/h6-12,17,19H,13-16,18H2,1-5H3,(H,27,31)(H2,26,28,29);1H. The molecule has 0 aromatic heterocycles. The van der Waals surface area contributed by atoms with Crippen LogP contribution in [-0.4, -0.2) is 64.7 Å². The van der Waals surface area contributed by atoms with E-state index in [-0.39, 0.29) is 29.9 Å². The van der Waals surface area contributed by atoms with Gasteiger partial charge in [-0.25, -0.2) is 0 Å². The average molecular weight is 568 g/mol. The molecule has 0 aliphatic heterocycles. The van der Waals surface area contributed by atoms with E-state index >= 15 is 0 Å². The molecule has 0 radical (unpaired) electrons. The molecule has 1 amide bonds. The number of hydrogen-bond donors (Lipinski definition) is 3. The molecule has 2 rings (SSSR count). The lowest BCUT2D eigenvalue weighted by atomic mass is 9.98. The first-order valence-electron chi connectivity index (χ1n) is 11.0. The maximum atomic E-state index is 12.3. The molecule has 7 nitrogen and oxygen atoms in total. The molecule has 0 fully saturated rings. The first-order chi connectivity index (χ1) is 15.4. The Bertz CT molecular complexity index is 871. The molecule has 0 heterocycles. The van der Waals surface area contributed by atoms with E-state index in [1.165, 1.54) is 5.56 Å². The van der Waals surface area contributed by atoms with Gasteiger partial charge in [0.05, 0.1) is 7.11 Å². The molecule has 0 aliphatic rings. The minimum atomic E-state index is -0.0521. The lowest BCUT2D eigenvalue weighted by molar-refractivity contribution is 0.0951. The third-order valence-corrected chi connectivity index (χ3v) is 5.27. The van der Waals surface area contributed by atoms with Crippen LogP contribution in [0.25, 0.3) is 0 Å². The first kappa shape index (κ1) is 28.7. The fourth-order valence-corrected chi connectivity index (χ4v) is 3.23. The molecule has 1 unspecified atom stereocenters. The summed E-state index contributed by atoms with van der Waals surface area (Å²) in [4.78, 5) is 18.7. The quantitative estimate of drug-likeness (QED) is 0.220.